The first kappa shape index (κ1) is 16.2. The van der Waals surface area contributed by atoms with Gasteiger partial charge < -0.3 is 9.47 Å². The van der Waals surface area contributed by atoms with Gasteiger partial charge in [-0.15, -0.1) is 5.10 Å². The summed E-state index contributed by atoms with van der Waals surface area (Å²) in [5, 5.41) is 7.71. The average Bonchev–Trinajstić information content (AvgIpc) is 3.17. The van der Waals surface area contributed by atoms with Crippen LogP contribution in [0.4, 0.5) is 0 Å². The Kier molecular flexibility index (Phi) is 4.08. The number of benzene rings is 1. The molecule has 2 aromatic heterocycles. The summed E-state index contributed by atoms with van der Waals surface area (Å²) in [7, 11) is 1.69. The molecule has 1 amide bonds. The summed E-state index contributed by atoms with van der Waals surface area (Å²) in [6.07, 6.45) is 5.47. The van der Waals surface area contributed by atoms with Crippen molar-refractivity contribution in [1.29, 1.82) is 0 Å². The molecule has 8 heteroatoms. The van der Waals surface area contributed by atoms with Gasteiger partial charge in [0, 0.05) is 30.9 Å². The molecule has 1 aliphatic rings. The molecule has 8 nitrogen and oxygen atoms in total. The second-order valence-corrected chi connectivity index (χ2v) is 6.36. The molecule has 26 heavy (non-hydrogen) atoms. The van der Waals surface area contributed by atoms with E-state index in [4.69, 9.17) is 0 Å². The highest BCUT2D eigenvalue weighted by molar-refractivity contribution is 5.94. The Morgan fingerprint density at radius 1 is 1.23 bits per heavy atom. The van der Waals surface area contributed by atoms with Crippen LogP contribution in [0.25, 0.3) is 0 Å². The summed E-state index contributed by atoms with van der Waals surface area (Å²) < 4.78 is 3.20. The van der Waals surface area contributed by atoms with Crippen LogP contribution in [0, 0.1) is 0 Å². The van der Waals surface area contributed by atoms with E-state index in [2.05, 4.69) is 15.3 Å². The molecule has 0 aliphatic carbocycles. The molecule has 0 atom stereocenters. The Labute approximate surface area is 149 Å². The number of rotatable bonds is 3. The lowest BCUT2D eigenvalue weighted by atomic mass is 10.0. The van der Waals surface area contributed by atoms with Crippen LogP contribution in [0.15, 0.2) is 47.8 Å². The Morgan fingerprint density at radius 2 is 2.04 bits per heavy atom. The van der Waals surface area contributed by atoms with Gasteiger partial charge in [-0.1, -0.05) is 17.3 Å². The van der Waals surface area contributed by atoms with Crippen molar-refractivity contribution in [2.24, 2.45) is 7.05 Å². The lowest BCUT2D eigenvalue weighted by Crippen LogP contribution is -2.40. The first-order chi connectivity index (χ1) is 12.6. The van der Waals surface area contributed by atoms with Gasteiger partial charge in [-0.05, 0) is 24.1 Å². The van der Waals surface area contributed by atoms with Crippen LogP contribution in [0.1, 0.15) is 27.2 Å². The maximum absolute atomic E-state index is 12.8. The molecule has 0 N–H and O–H groups in total. The molecule has 1 aromatic carbocycles. The third-order valence-corrected chi connectivity index (χ3v) is 4.59. The van der Waals surface area contributed by atoms with Crippen molar-refractivity contribution in [3.05, 3.63) is 75.7 Å². The van der Waals surface area contributed by atoms with Crippen molar-refractivity contribution in [2.75, 3.05) is 6.54 Å². The largest absolute Gasteiger partial charge is 0.332 e. The van der Waals surface area contributed by atoms with Crippen LogP contribution < -0.4 is 5.56 Å². The number of carbonyl (C=O) groups excluding carboxylic acids is 1. The van der Waals surface area contributed by atoms with E-state index in [0.29, 0.717) is 42.9 Å². The molecule has 4 rings (SSSR count). The summed E-state index contributed by atoms with van der Waals surface area (Å²) in [4.78, 5) is 31.0. The van der Waals surface area contributed by atoms with Gasteiger partial charge in [-0.2, -0.15) is 0 Å². The third kappa shape index (κ3) is 3.01. The van der Waals surface area contributed by atoms with E-state index in [9.17, 15) is 9.59 Å². The predicted octanol–water partition coefficient (Wildman–Crippen LogP) is 0.619. The number of carbonyl (C=O) groups is 1. The minimum absolute atomic E-state index is 0.0282. The number of fused-ring (bicyclic) bond motifs is 1. The van der Waals surface area contributed by atoms with Gasteiger partial charge >= 0.3 is 0 Å². The van der Waals surface area contributed by atoms with E-state index >= 15 is 0 Å². The number of hydrogen-bond acceptors (Lipinski definition) is 5. The number of hydrogen-bond donors (Lipinski definition) is 0. The zero-order valence-electron chi connectivity index (χ0n) is 14.4. The Hall–Kier alpha value is -3.29. The van der Waals surface area contributed by atoms with Crippen molar-refractivity contribution in [1.82, 2.24) is 29.4 Å². The van der Waals surface area contributed by atoms with E-state index < -0.39 is 0 Å². The lowest BCUT2D eigenvalue weighted by Gasteiger charge is -2.28. The van der Waals surface area contributed by atoms with Crippen molar-refractivity contribution in [2.45, 2.75) is 19.5 Å². The molecule has 0 spiro atoms. The Bertz CT molecular complexity index is 992. The van der Waals surface area contributed by atoms with Crippen molar-refractivity contribution in [3.63, 3.8) is 0 Å². The number of nitrogens with zero attached hydrogens (tertiary/aromatic N) is 6. The Balaban J connectivity index is 1.49. The van der Waals surface area contributed by atoms with Gasteiger partial charge in [0.15, 0.2) is 0 Å². The number of aryl methyl sites for hydroxylation is 1. The fraction of sp³-hybridized carbons (Fsp3) is 0.278. The minimum Gasteiger partial charge on any atom is -0.332 e. The summed E-state index contributed by atoms with van der Waals surface area (Å²) >= 11 is 0. The van der Waals surface area contributed by atoms with E-state index in [-0.39, 0.29) is 11.5 Å². The van der Waals surface area contributed by atoms with Gasteiger partial charge in [-0.3, -0.25) is 9.59 Å². The zero-order chi connectivity index (χ0) is 18.1. The topological polar surface area (TPSA) is 85.9 Å². The molecule has 3 heterocycles. The molecule has 132 valence electrons. The second-order valence-electron chi connectivity index (χ2n) is 6.36. The molecule has 1 aliphatic heterocycles. The minimum atomic E-state index is -0.0505. The fourth-order valence-corrected chi connectivity index (χ4v) is 3.13. The summed E-state index contributed by atoms with van der Waals surface area (Å²) in [6, 6.07) is 7.48. The zero-order valence-corrected chi connectivity index (χ0v) is 14.4. The smallest absolute Gasteiger partial charge is 0.256 e. The van der Waals surface area contributed by atoms with Crippen LogP contribution in [-0.4, -0.2) is 41.9 Å². The predicted molar refractivity (Wildman–Crippen MR) is 93.5 cm³/mol. The van der Waals surface area contributed by atoms with E-state index in [1.807, 2.05) is 24.3 Å². The van der Waals surface area contributed by atoms with Crippen LogP contribution in [0.3, 0.4) is 0 Å². The molecular formula is C18H18N6O2. The van der Waals surface area contributed by atoms with Crippen LogP contribution >= 0.6 is 0 Å². The van der Waals surface area contributed by atoms with Gasteiger partial charge in [0.2, 0.25) is 0 Å². The Morgan fingerprint density at radius 3 is 2.77 bits per heavy atom. The van der Waals surface area contributed by atoms with Crippen LogP contribution in [0.2, 0.25) is 0 Å². The maximum atomic E-state index is 12.8. The quantitative estimate of drug-likeness (QED) is 0.691. The second kappa shape index (κ2) is 6.55. The molecule has 0 bridgehead atoms. The van der Waals surface area contributed by atoms with Gasteiger partial charge in [-0.25, -0.2) is 9.67 Å². The molecular weight excluding hydrogens is 332 g/mol. The molecule has 0 radical (unpaired) electrons. The van der Waals surface area contributed by atoms with Crippen molar-refractivity contribution < 1.29 is 4.79 Å². The van der Waals surface area contributed by atoms with Crippen LogP contribution in [0.5, 0.6) is 0 Å². The molecule has 0 fully saturated rings. The summed E-state index contributed by atoms with van der Waals surface area (Å²) in [5.74, 6) is -0.0505. The number of aromatic nitrogens is 5. The highest BCUT2D eigenvalue weighted by atomic mass is 16.2. The van der Waals surface area contributed by atoms with E-state index in [0.717, 1.165) is 5.56 Å². The van der Waals surface area contributed by atoms with Gasteiger partial charge in [0.25, 0.3) is 11.5 Å². The maximum Gasteiger partial charge on any atom is 0.256 e. The van der Waals surface area contributed by atoms with Crippen molar-refractivity contribution in [3.8, 4) is 0 Å². The fourth-order valence-electron chi connectivity index (χ4n) is 3.13. The van der Waals surface area contributed by atoms with Crippen molar-refractivity contribution >= 4 is 5.91 Å². The first-order valence-corrected chi connectivity index (χ1v) is 8.37. The number of amides is 1. The average molecular weight is 350 g/mol. The summed E-state index contributed by atoms with van der Waals surface area (Å²) in [5.41, 5.74) is 3.04. The third-order valence-electron chi connectivity index (χ3n) is 4.59. The normalized spacial score (nSPS) is 13.5. The SMILES string of the molecule is Cn1cnc2c(c1=O)CCN(C(=O)c1ccc(Cn3ccnn3)cc1)C2. The first-order valence-electron chi connectivity index (χ1n) is 8.37. The summed E-state index contributed by atoms with van der Waals surface area (Å²) in [6.45, 7) is 1.50. The van der Waals surface area contributed by atoms with E-state index in [1.54, 1.807) is 29.0 Å². The highest BCUT2D eigenvalue weighted by Crippen LogP contribution is 2.17. The molecule has 0 saturated carbocycles. The van der Waals surface area contributed by atoms with E-state index in [1.165, 1.54) is 10.9 Å². The van der Waals surface area contributed by atoms with Gasteiger partial charge in [0.1, 0.15) is 0 Å². The molecule has 0 saturated heterocycles. The highest BCUT2D eigenvalue weighted by Gasteiger charge is 2.24. The molecule has 3 aromatic rings. The van der Waals surface area contributed by atoms with Gasteiger partial charge in [0.05, 0.1) is 31.3 Å². The molecule has 0 unspecified atom stereocenters. The monoisotopic (exact) mass is 350 g/mol. The van der Waals surface area contributed by atoms with Crippen LogP contribution in [-0.2, 0) is 26.6 Å². The lowest BCUT2D eigenvalue weighted by molar-refractivity contribution is 0.0731. The standard InChI is InChI=1S/C18H18N6O2/c1-22-12-19-16-11-23(8-6-15(16)18(22)26)17(25)14-4-2-13(3-5-14)10-24-9-7-20-21-24/h2-5,7,9,12H,6,8,10-11H2,1H3.